The molecule has 6 heteroatoms. The standard InChI is InChI=1S/C9H17O4PS/c1-8(2,3)15-5-9(4,6(10)11)7(12)13-14/h5,14H2,1-4H3,(H,10,11)/t9-/m1/s1. The number of aliphatic carboxylic acids is 1. The van der Waals surface area contributed by atoms with Crippen LogP contribution in [0.3, 0.4) is 0 Å². The molecule has 0 aliphatic carbocycles. The Hall–Kier alpha value is -0.280. The molecule has 0 amide bonds. The molecule has 0 heterocycles. The summed E-state index contributed by atoms with van der Waals surface area (Å²) >= 11 is 1.42. The molecule has 0 aliphatic heterocycles. The lowest BCUT2D eigenvalue weighted by atomic mass is 9.94. The lowest BCUT2D eigenvalue weighted by molar-refractivity contribution is -0.159. The largest absolute Gasteiger partial charge is 0.480 e. The molecule has 1 N–H and O–H groups in total. The lowest BCUT2D eigenvalue weighted by Crippen LogP contribution is -2.40. The Labute approximate surface area is 96.4 Å². The summed E-state index contributed by atoms with van der Waals surface area (Å²) in [5, 5.41) is 9.01. The monoisotopic (exact) mass is 252 g/mol. The molecule has 0 aromatic carbocycles. The van der Waals surface area contributed by atoms with Crippen LogP contribution < -0.4 is 0 Å². The predicted octanol–water partition coefficient (Wildman–Crippen LogP) is 1.94. The highest BCUT2D eigenvalue weighted by atomic mass is 32.2. The molecule has 0 saturated heterocycles. The van der Waals surface area contributed by atoms with E-state index < -0.39 is 17.4 Å². The summed E-state index contributed by atoms with van der Waals surface area (Å²) in [4.78, 5) is 22.4. The lowest BCUT2D eigenvalue weighted by Gasteiger charge is -2.25. The third-order valence-corrected chi connectivity index (χ3v) is 3.63. The van der Waals surface area contributed by atoms with Crippen molar-refractivity contribution in [1.82, 2.24) is 0 Å². The van der Waals surface area contributed by atoms with Crippen LogP contribution in [0.15, 0.2) is 0 Å². The summed E-state index contributed by atoms with van der Waals surface area (Å²) in [6.45, 7) is 7.27. The number of carbonyl (C=O) groups excluding carboxylic acids is 1. The van der Waals surface area contributed by atoms with Gasteiger partial charge in [-0.1, -0.05) is 20.8 Å². The zero-order valence-corrected chi connectivity index (χ0v) is 11.3. The Kier molecular flexibility index (Phi) is 5.07. The fraction of sp³-hybridized carbons (Fsp3) is 0.778. The van der Waals surface area contributed by atoms with Gasteiger partial charge >= 0.3 is 11.9 Å². The van der Waals surface area contributed by atoms with Gasteiger partial charge in [0.25, 0.3) is 0 Å². The van der Waals surface area contributed by atoms with Gasteiger partial charge in [-0.25, -0.2) is 0 Å². The molecular weight excluding hydrogens is 235 g/mol. The van der Waals surface area contributed by atoms with E-state index in [2.05, 4.69) is 4.52 Å². The number of thioether (sulfide) groups is 1. The minimum Gasteiger partial charge on any atom is -0.480 e. The molecule has 2 atom stereocenters. The number of carboxylic acids is 1. The molecule has 0 radical (unpaired) electrons. The van der Waals surface area contributed by atoms with Gasteiger partial charge in [-0.15, -0.1) is 0 Å². The van der Waals surface area contributed by atoms with Crippen molar-refractivity contribution in [3.05, 3.63) is 0 Å². The minimum absolute atomic E-state index is 0.0854. The van der Waals surface area contributed by atoms with Gasteiger partial charge in [0.2, 0.25) is 0 Å². The van der Waals surface area contributed by atoms with E-state index in [1.165, 1.54) is 18.7 Å². The molecular formula is C9H17O4PS. The highest BCUT2D eigenvalue weighted by molar-refractivity contribution is 8.00. The van der Waals surface area contributed by atoms with Gasteiger partial charge in [-0.2, -0.15) is 11.8 Å². The van der Waals surface area contributed by atoms with E-state index in [1.807, 2.05) is 20.8 Å². The summed E-state index contributed by atoms with van der Waals surface area (Å²) in [6, 6.07) is 0. The first-order chi connectivity index (χ1) is 6.63. The molecule has 1 unspecified atom stereocenters. The second kappa shape index (κ2) is 5.17. The third-order valence-electron chi connectivity index (χ3n) is 1.82. The number of hydrogen-bond donors (Lipinski definition) is 1. The Morgan fingerprint density at radius 1 is 1.33 bits per heavy atom. The summed E-state index contributed by atoms with van der Waals surface area (Å²) in [7, 11) is 1.79. The second-order valence-corrected chi connectivity index (χ2v) is 6.48. The van der Waals surface area contributed by atoms with Gasteiger partial charge in [-0.05, 0) is 6.92 Å². The van der Waals surface area contributed by atoms with Gasteiger partial charge in [0, 0.05) is 10.5 Å². The van der Waals surface area contributed by atoms with E-state index in [0.717, 1.165) is 0 Å². The maximum absolute atomic E-state index is 11.4. The van der Waals surface area contributed by atoms with Crippen LogP contribution in [0.5, 0.6) is 0 Å². The van der Waals surface area contributed by atoms with Crippen molar-refractivity contribution in [3.8, 4) is 0 Å². The zero-order valence-electron chi connectivity index (χ0n) is 9.36. The predicted molar refractivity (Wildman–Crippen MR) is 63.8 cm³/mol. The Morgan fingerprint density at radius 2 is 1.80 bits per heavy atom. The van der Waals surface area contributed by atoms with Crippen molar-refractivity contribution < 1.29 is 19.2 Å². The first-order valence-corrected chi connectivity index (χ1v) is 5.88. The Morgan fingerprint density at radius 3 is 2.07 bits per heavy atom. The van der Waals surface area contributed by atoms with Crippen LogP contribution in [0.4, 0.5) is 0 Å². The van der Waals surface area contributed by atoms with Crippen LogP contribution in [0.2, 0.25) is 0 Å². The fourth-order valence-electron chi connectivity index (χ4n) is 0.699. The van der Waals surface area contributed by atoms with E-state index in [4.69, 9.17) is 5.11 Å². The number of carbonyl (C=O) groups is 2. The van der Waals surface area contributed by atoms with Crippen LogP contribution in [0, 0.1) is 5.41 Å². The average molecular weight is 252 g/mol. The van der Waals surface area contributed by atoms with Crippen molar-refractivity contribution in [2.24, 2.45) is 5.41 Å². The first-order valence-electron chi connectivity index (χ1n) is 4.42. The summed E-state index contributed by atoms with van der Waals surface area (Å²) in [5.74, 6) is -1.71. The topological polar surface area (TPSA) is 63.6 Å². The molecule has 88 valence electrons. The number of rotatable bonds is 4. The van der Waals surface area contributed by atoms with Crippen molar-refractivity contribution in [2.45, 2.75) is 32.4 Å². The molecule has 0 aromatic heterocycles. The molecule has 0 bridgehead atoms. The van der Waals surface area contributed by atoms with Gasteiger partial charge in [-0.3, -0.25) is 9.59 Å². The van der Waals surface area contributed by atoms with Crippen molar-refractivity contribution >= 4 is 33.2 Å². The molecule has 4 nitrogen and oxygen atoms in total. The Balaban J connectivity index is 4.68. The fourth-order valence-corrected chi connectivity index (χ4v) is 1.92. The summed E-state index contributed by atoms with van der Waals surface area (Å²) < 4.78 is 4.34. The summed E-state index contributed by atoms with van der Waals surface area (Å²) in [5.41, 5.74) is -1.49. The number of carboxylic acid groups (broad SMARTS) is 1. The maximum Gasteiger partial charge on any atom is 0.326 e. The Bertz CT molecular complexity index is 261. The van der Waals surface area contributed by atoms with Crippen LogP contribution in [-0.2, 0) is 14.1 Å². The minimum atomic E-state index is -1.49. The van der Waals surface area contributed by atoms with E-state index in [-0.39, 0.29) is 10.5 Å². The quantitative estimate of drug-likeness (QED) is 0.612. The molecule has 0 spiro atoms. The molecule has 0 fully saturated rings. The SMILES string of the molecule is CC(C)(C)SC[C@](C)(C(=O)O)C(=O)OP. The van der Waals surface area contributed by atoms with E-state index in [0.29, 0.717) is 0 Å². The molecule has 0 aliphatic rings. The van der Waals surface area contributed by atoms with Crippen molar-refractivity contribution in [1.29, 1.82) is 0 Å². The number of hydrogen-bond acceptors (Lipinski definition) is 4. The van der Waals surface area contributed by atoms with Gasteiger partial charge in [0.1, 0.15) is 0 Å². The highest BCUT2D eigenvalue weighted by Crippen LogP contribution is 2.32. The van der Waals surface area contributed by atoms with Crippen LogP contribution in [0.25, 0.3) is 0 Å². The van der Waals surface area contributed by atoms with E-state index in [9.17, 15) is 9.59 Å². The van der Waals surface area contributed by atoms with Gasteiger partial charge < -0.3 is 9.63 Å². The zero-order chi connectivity index (χ0) is 12.3. The molecule has 0 rings (SSSR count). The first kappa shape index (κ1) is 14.7. The molecule has 15 heavy (non-hydrogen) atoms. The van der Waals surface area contributed by atoms with Crippen molar-refractivity contribution in [2.75, 3.05) is 5.75 Å². The molecule has 0 aromatic rings. The summed E-state index contributed by atoms with van der Waals surface area (Å²) in [6.07, 6.45) is 0. The van der Waals surface area contributed by atoms with Gasteiger partial charge in [0.15, 0.2) is 5.41 Å². The maximum atomic E-state index is 11.4. The van der Waals surface area contributed by atoms with Crippen LogP contribution in [-0.4, -0.2) is 27.5 Å². The smallest absolute Gasteiger partial charge is 0.326 e. The van der Waals surface area contributed by atoms with Crippen LogP contribution in [0.1, 0.15) is 27.7 Å². The molecule has 0 saturated carbocycles. The van der Waals surface area contributed by atoms with E-state index >= 15 is 0 Å². The second-order valence-electron chi connectivity index (χ2n) is 4.44. The highest BCUT2D eigenvalue weighted by Gasteiger charge is 2.43. The average Bonchev–Trinajstić information content (AvgIpc) is 2.11. The normalized spacial score (nSPS) is 15.5. The van der Waals surface area contributed by atoms with Crippen molar-refractivity contribution in [3.63, 3.8) is 0 Å². The van der Waals surface area contributed by atoms with Gasteiger partial charge in [0.05, 0.1) is 9.47 Å². The van der Waals surface area contributed by atoms with Crippen LogP contribution >= 0.6 is 21.2 Å². The third kappa shape index (κ3) is 4.39. The van der Waals surface area contributed by atoms with E-state index in [1.54, 1.807) is 9.47 Å².